The Balaban J connectivity index is 2.08. The third-order valence-electron chi connectivity index (χ3n) is 2.79. The lowest BCUT2D eigenvalue weighted by atomic mass is 10.2. The molecule has 0 radical (unpaired) electrons. The molecule has 22 heavy (non-hydrogen) atoms. The molecule has 0 aliphatic heterocycles. The highest BCUT2D eigenvalue weighted by Crippen LogP contribution is 2.16. The van der Waals surface area contributed by atoms with Gasteiger partial charge >= 0.3 is 5.97 Å². The minimum absolute atomic E-state index is 0.104. The summed E-state index contributed by atoms with van der Waals surface area (Å²) in [5, 5.41) is 13.2. The van der Waals surface area contributed by atoms with E-state index in [0.29, 0.717) is 5.69 Å². The Hall–Kier alpha value is -2.82. The van der Waals surface area contributed by atoms with Gasteiger partial charge in [0, 0.05) is 0 Å². The molecule has 0 atom stereocenters. The van der Waals surface area contributed by atoms with Crippen molar-refractivity contribution in [2.24, 2.45) is 5.10 Å². The minimum atomic E-state index is -0.995. The zero-order valence-electron chi connectivity index (χ0n) is 12.5. The molecule has 2 aromatic carbocycles. The van der Waals surface area contributed by atoms with E-state index in [-0.39, 0.29) is 11.7 Å². The highest BCUT2D eigenvalue weighted by molar-refractivity contribution is 5.94. The summed E-state index contributed by atoms with van der Waals surface area (Å²) in [6, 6.07) is 14.1. The van der Waals surface area contributed by atoms with Gasteiger partial charge in [-0.05, 0) is 43.7 Å². The van der Waals surface area contributed by atoms with Crippen LogP contribution in [0, 0.1) is 0 Å². The van der Waals surface area contributed by atoms with Crippen LogP contribution in [0.1, 0.15) is 29.8 Å². The molecule has 0 unspecified atom stereocenters. The number of rotatable bonds is 6. The number of carboxylic acids is 1. The predicted molar refractivity (Wildman–Crippen MR) is 86.8 cm³/mol. The van der Waals surface area contributed by atoms with Crippen molar-refractivity contribution in [1.82, 2.24) is 0 Å². The average molecular weight is 298 g/mol. The van der Waals surface area contributed by atoms with Crippen molar-refractivity contribution in [3.05, 3.63) is 59.7 Å². The molecule has 2 N–H and O–H groups in total. The maximum Gasteiger partial charge on any atom is 0.337 e. The molecule has 0 aliphatic carbocycles. The molecule has 0 saturated carbocycles. The van der Waals surface area contributed by atoms with Gasteiger partial charge in [-0.3, -0.25) is 5.43 Å². The molecule has 0 aliphatic rings. The van der Waals surface area contributed by atoms with Gasteiger partial charge in [-0.15, -0.1) is 0 Å². The van der Waals surface area contributed by atoms with Crippen molar-refractivity contribution in [1.29, 1.82) is 0 Å². The molecule has 5 heteroatoms. The molecule has 0 spiro atoms. The largest absolute Gasteiger partial charge is 0.491 e. The van der Waals surface area contributed by atoms with Crippen molar-refractivity contribution in [3.8, 4) is 5.75 Å². The molecule has 0 aromatic heterocycles. The number of ether oxygens (including phenoxy) is 1. The normalized spacial score (nSPS) is 10.9. The fourth-order valence-corrected chi connectivity index (χ4v) is 1.88. The molecule has 0 heterocycles. The lowest BCUT2D eigenvalue weighted by molar-refractivity contribution is 0.0698. The smallest absolute Gasteiger partial charge is 0.337 e. The van der Waals surface area contributed by atoms with Crippen molar-refractivity contribution >= 4 is 17.9 Å². The zero-order chi connectivity index (χ0) is 15.9. The van der Waals surface area contributed by atoms with E-state index in [1.807, 2.05) is 38.1 Å². The lowest BCUT2D eigenvalue weighted by Gasteiger charge is -2.09. The zero-order valence-corrected chi connectivity index (χ0v) is 12.5. The van der Waals surface area contributed by atoms with Crippen LogP contribution in [0.15, 0.2) is 53.6 Å². The van der Waals surface area contributed by atoms with Crippen LogP contribution < -0.4 is 10.2 Å². The van der Waals surface area contributed by atoms with E-state index in [1.165, 1.54) is 6.07 Å². The van der Waals surface area contributed by atoms with Gasteiger partial charge in [0.05, 0.1) is 23.6 Å². The van der Waals surface area contributed by atoms with E-state index in [0.717, 1.165) is 11.3 Å². The van der Waals surface area contributed by atoms with Crippen LogP contribution in [0.5, 0.6) is 5.75 Å². The van der Waals surface area contributed by atoms with Crippen LogP contribution in [0.25, 0.3) is 0 Å². The second kappa shape index (κ2) is 7.26. The molecular formula is C17H18N2O3. The first-order valence-electron chi connectivity index (χ1n) is 6.94. The Labute approximate surface area is 129 Å². The van der Waals surface area contributed by atoms with Crippen LogP contribution in [0.2, 0.25) is 0 Å². The van der Waals surface area contributed by atoms with Gasteiger partial charge in [-0.2, -0.15) is 5.10 Å². The first-order valence-corrected chi connectivity index (χ1v) is 6.94. The third-order valence-corrected chi connectivity index (χ3v) is 2.79. The summed E-state index contributed by atoms with van der Waals surface area (Å²) in [6.07, 6.45) is 1.72. The fraction of sp³-hybridized carbons (Fsp3) is 0.176. The number of para-hydroxylation sites is 1. The van der Waals surface area contributed by atoms with Gasteiger partial charge in [0.25, 0.3) is 0 Å². The van der Waals surface area contributed by atoms with Crippen molar-refractivity contribution in [2.75, 3.05) is 5.43 Å². The third kappa shape index (κ3) is 4.34. The van der Waals surface area contributed by atoms with E-state index in [2.05, 4.69) is 10.5 Å². The summed E-state index contributed by atoms with van der Waals surface area (Å²) in [6.45, 7) is 3.93. The number of anilines is 1. The molecule has 0 bridgehead atoms. The van der Waals surface area contributed by atoms with E-state index >= 15 is 0 Å². The summed E-state index contributed by atoms with van der Waals surface area (Å²) in [5.74, 6) is -0.226. The van der Waals surface area contributed by atoms with E-state index in [4.69, 9.17) is 9.84 Å². The second-order valence-electron chi connectivity index (χ2n) is 4.96. The second-order valence-corrected chi connectivity index (χ2v) is 4.96. The van der Waals surface area contributed by atoms with Gasteiger partial charge in [0.1, 0.15) is 5.75 Å². The number of nitrogens with one attached hydrogen (secondary N) is 1. The summed E-state index contributed by atoms with van der Waals surface area (Å²) >= 11 is 0. The SMILES string of the molecule is CC(C)Oc1cccc(C=NNc2ccccc2C(=O)O)c1. The highest BCUT2D eigenvalue weighted by Gasteiger charge is 2.07. The standard InChI is InChI=1S/C17H18N2O3/c1-12(2)22-14-7-5-6-13(10-14)11-18-19-16-9-4-3-8-15(16)17(20)21/h3-12,19H,1-2H3,(H,20,21). The molecule has 2 rings (SSSR count). The van der Waals surface area contributed by atoms with Crippen molar-refractivity contribution in [2.45, 2.75) is 20.0 Å². The number of hydrogen-bond donors (Lipinski definition) is 2. The average Bonchev–Trinajstić information content (AvgIpc) is 2.47. The summed E-state index contributed by atoms with van der Waals surface area (Å²) < 4.78 is 5.61. The summed E-state index contributed by atoms with van der Waals surface area (Å²) in [5.41, 5.74) is 4.23. The highest BCUT2D eigenvalue weighted by atomic mass is 16.5. The van der Waals surface area contributed by atoms with Gasteiger partial charge in [0.2, 0.25) is 0 Å². The maximum absolute atomic E-state index is 11.1. The first-order chi connectivity index (χ1) is 10.6. The number of carboxylic acid groups (broad SMARTS) is 1. The molecule has 0 amide bonds. The number of hydrazone groups is 1. The number of nitrogens with zero attached hydrogens (tertiary/aromatic N) is 1. The Morgan fingerprint density at radius 2 is 2.00 bits per heavy atom. The van der Waals surface area contributed by atoms with E-state index in [1.54, 1.807) is 24.4 Å². The van der Waals surface area contributed by atoms with Crippen LogP contribution in [-0.2, 0) is 0 Å². The summed E-state index contributed by atoms with van der Waals surface area (Å²) in [7, 11) is 0. The number of carbonyl (C=O) groups is 1. The van der Waals surface area contributed by atoms with Crippen molar-refractivity contribution in [3.63, 3.8) is 0 Å². The number of aromatic carboxylic acids is 1. The van der Waals surface area contributed by atoms with Crippen LogP contribution in [0.3, 0.4) is 0 Å². The predicted octanol–water partition coefficient (Wildman–Crippen LogP) is 3.62. The first kappa shape index (κ1) is 15.6. The fourth-order valence-electron chi connectivity index (χ4n) is 1.88. The monoisotopic (exact) mass is 298 g/mol. The van der Waals surface area contributed by atoms with Crippen LogP contribution in [-0.4, -0.2) is 23.4 Å². The molecule has 5 nitrogen and oxygen atoms in total. The van der Waals surface area contributed by atoms with E-state index < -0.39 is 5.97 Å². The van der Waals surface area contributed by atoms with Crippen LogP contribution in [0.4, 0.5) is 5.69 Å². The number of benzene rings is 2. The molecule has 2 aromatic rings. The Kier molecular flexibility index (Phi) is 5.14. The van der Waals surface area contributed by atoms with E-state index in [9.17, 15) is 4.79 Å². The topological polar surface area (TPSA) is 70.9 Å². The van der Waals surface area contributed by atoms with Crippen LogP contribution >= 0.6 is 0 Å². The van der Waals surface area contributed by atoms with Gasteiger partial charge in [-0.1, -0.05) is 24.3 Å². The van der Waals surface area contributed by atoms with Crippen molar-refractivity contribution < 1.29 is 14.6 Å². The Morgan fingerprint density at radius 1 is 1.23 bits per heavy atom. The number of hydrogen-bond acceptors (Lipinski definition) is 4. The molecular weight excluding hydrogens is 280 g/mol. The quantitative estimate of drug-likeness (QED) is 0.631. The van der Waals surface area contributed by atoms with Gasteiger partial charge < -0.3 is 9.84 Å². The molecule has 0 fully saturated rings. The summed E-state index contributed by atoms with van der Waals surface area (Å²) in [4.78, 5) is 11.1. The van der Waals surface area contributed by atoms with Gasteiger partial charge in [0.15, 0.2) is 0 Å². The molecule has 114 valence electrons. The maximum atomic E-state index is 11.1. The lowest BCUT2D eigenvalue weighted by Crippen LogP contribution is -2.05. The molecule has 0 saturated heterocycles. The van der Waals surface area contributed by atoms with Gasteiger partial charge in [-0.25, -0.2) is 4.79 Å². The Bertz CT molecular complexity index is 681. The minimum Gasteiger partial charge on any atom is -0.491 e. The Morgan fingerprint density at radius 3 is 2.73 bits per heavy atom.